The molecule has 5 heteroatoms. The second-order valence-electron chi connectivity index (χ2n) is 6.20. The molecule has 1 heterocycles. The second kappa shape index (κ2) is 5.82. The Hall–Kier alpha value is -1.23. The Kier molecular flexibility index (Phi) is 4.34. The van der Waals surface area contributed by atoms with Crippen LogP contribution in [0.4, 0.5) is 0 Å². The lowest BCUT2D eigenvalue weighted by Gasteiger charge is -2.40. The molecular formula is C14H24N4O. The van der Waals surface area contributed by atoms with Crippen LogP contribution in [-0.4, -0.2) is 27.1 Å². The molecule has 0 aliphatic heterocycles. The Balaban J connectivity index is 1.93. The molecule has 0 unspecified atom stereocenters. The number of rotatable bonds is 7. The first-order chi connectivity index (χ1) is 9.04. The van der Waals surface area contributed by atoms with Crippen LogP contribution in [0.2, 0.25) is 0 Å². The molecule has 0 atom stereocenters. The number of ketones is 1. The van der Waals surface area contributed by atoms with E-state index in [0.29, 0.717) is 25.3 Å². The zero-order valence-corrected chi connectivity index (χ0v) is 11.9. The Bertz CT molecular complexity index is 429. The quantitative estimate of drug-likeness (QED) is 0.811. The highest BCUT2D eigenvalue weighted by molar-refractivity contribution is 5.81. The Morgan fingerprint density at radius 2 is 2.26 bits per heavy atom. The van der Waals surface area contributed by atoms with E-state index in [4.69, 9.17) is 5.73 Å². The summed E-state index contributed by atoms with van der Waals surface area (Å²) in [6.45, 7) is 5.69. The molecule has 5 nitrogen and oxygen atoms in total. The minimum atomic E-state index is 0.0833. The predicted octanol–water partition coefficient (Wildman–Crippen LogP) is 1.56. The van der Waals surface area contributed by atoms with E-state index in [1.807, 2.05) is 4.68 Å². The molecule has 0 saturated heterocycles. The van der Waals surface area contributed by atoms with Gasteiger partial charge in [-0.1, -0.05) is 20.3 Å². The molecule has 0 aromatic carbocycles. The van der Waals surface area contributed by atoms with E-state index in [9.17, 15) is 4.79 Å². The van der Waals surface area contributed by atoms with Crippen LogP contribution in [0.3, 0.4) is 0 Å². The summed E-state index contributed by atoms with van der Waals surface area (Å²) in [5.74, 6) is 1.52. The third kappa shape index (κ3) is 3.41. The minimum Gasteiger partial charge on any atom is -0.330 e. The molecule has 1 aromatic heterocycles. The lowest BCUT2D eigenvalue weighted by atomic mass is 9.66. The van der Waals surface area contributed by atoms with Gasteiger partial charge in [-0.2, -0.15) is 5.10 Å². The van der Waals surface area contributed by atoms with E-state index in [1.54, 1.807) is 0 Å². The summed E-state index contributed by atoms with van der Waals surface area (Å²) in [6, 6.07) is 0. The van der Waals surface area contributed by atoms with Gasteiger partial charge in [-0.05, 0) is 30.7 Å². The van der Waals surface area contributed by atoms with Gasteiger partial charge in [0.05, 0.1) is 6.42 Å². The molecule has 0 bridgehead atoms. The number of nitrogens with zero attached hydrogens (tertiary/aromatic N) is 3. The third-order valence-electron chi connectivity index (χ3n) is 4.01. The van der Waals surface area contributed by atoms with Gasteiger partial charge >= 0.3 is 0 Å². The Morgan fingerprint density at radius 1 is 1.53 bits per heavy atom. The van der Waals surface area contributed by atoms with Crippen molar-refractivity contribution in [3.63, 3.8) is 0 Å². The summed E-state index contributed by atoms with van der Waals surface area (Å²) in [5.41, 5.74) is 5.88. The molecule has 1 aromatic rings. The van der Waals surface area contributed by atoms with Crippen LogP contribution < -0.4 is 5.73 Å². The number of hydrogen-bond donors (Lipinski definition) is 1. The SMILES string of the molecule is CC(C)Cn1ncnc1CC(=O)CC1(CN)CCC1. The molecule has 1 fully saturated rings. The highest BCUT2D eigenvalue weighted by Crippen LogP contribution is 2.43. The van der Waals surface area contributed by atoms with E-state index >= 15 is 0 Å². The number of Topliss-reactive ketones (excluding diaryl/α,β-unsaturated/α-hetero) is 1. The molecule has 1 saturated carbocycles. The van der Waals surface area contributed by atoms with E-state index in [0.717, 1.165) is 25.2 Å². The predicted molar refractivity (Wildman–Crippen MR) is 73.5 cm³/mol. The van der Waals surface area contributed by atoms with Crippen LogP contribution in [0, 0.1) is 11.3 Å². The lowest BCUT2D eigenvalue weighted by molar-refractivity contribution is -0.122. The summed E-state index contributed by atoms with van der Waals surface area (Å²) in [4.78, 5) is 16.4. The smallest absolute Gasteiger partial charge is 0.141 e. The van der Waals surface area contributed by atoms with E-state index in [1.165, 1.54) is 12.7 Å². The topological polar surface area (TPSA) is 73.8 Å². The fourth-order valence-corrected chi connectivity index (χ4v) is 2.71. The van der Waals surface area contributed by atoms with Crippen LogP contribution >= 0.6 is 0 Å². The standard InChI is InChI=1S/C14H24N4O/c1-11(2)8-18-13(16-10-17-18)6-12(19)7-14(9-15)4-3-5-14/h10-11H,3-9,15H2,1-2H3. The second-order valence-corrected chi connectivity index (χ2v) is 6.20. The average Bonchev–Trinajstić information content (AvgIpc) is 2.70. The monoisotopic (exact) mass is 264 g/mol. The summed E-state index contributed by atoms with van der Waals surface area (Å²) >= 11 is 0. The van der Waals surface area contributed by atoms with Crippen molar-refractivity contribution >= 4 is 5.78 Å². The first kappa shape index (κ1) is 14.2. The highest BCUT2D eigenvalue weighted by Gasteiger charge is 2.37. The van der Waals surface area contributed by atoms with Crippen molar-refractivity contribution in [3.8, 4) is 0 Å². The normalized spacial score (nSPS) is 17.5. The molecule has 19 heavy (non-hydrogen) atoms. The van der Waals surface area contributed by atoms with Crippen LogP contribution in [0.5, 0.6) is 0 Å². The van der Waals surface area contributed by atoms with Gasteiger partial charge in [0.25, 0.3) is 0 Å². The van der Waals surface area contributed by atoms with Crippen LogP contribution in [-0.2, 0) is 17.8 Å². The number of nitrogens with two attached hydrogens (primary N) is 1. The maximum absolute atomic E-state index is 12.2. The van der Waals surface area contributed by atoms with Crippen LogP contribution in [0.25, 0.3) is 0 Å². The molecule has 1 aliphatic carbocycles. The highest BCUT2D eigenvalue weighted by atomic mass is 16.1. The molecule has 1 aliphatic rings. The number of aromatic nitrogens is 3. The van der Waals surface area contributed by atoms with Gasteiger partial charge in [-0.25, -0.2) is 9.67 Å². The van der Waals surface area contributed by atoms with Crippen molar-refractivity contribution in [2.75, 3.05) is 6.54 Å². The first-order valence-electron chi connectivity index (χ1n) is 7.13. The molecule has 2 N–H and O–H groups in total. The number of carbonyl (C=O) groups excluding carboxylic acids is 1. The molecule has 0 amide bonds. The first-order valence-corrected chi connectivity index (χ1v) is 7.13. The van der Waals surface area contributed by atoms with Crippen molar-refractivity contribution in [2.45, 2.75) is 52.5 Å². The van der Waals surface area contributed by atoms with E-state index in [-0.39, 0.29) is 11.2 Å². The van der Waals surface area contributed by atoms with Crippen molar-refractivity contribution < 1.29 is 4.79 Å². The molecule has 106 valence electrons. The van der Waals surface area contributed by atoms with Gasteiger partial charge < -0.3 is 5.73 Å². The van der Waals surface area contributed by atoms with Crippen molar-refractivity contribution in [3.05, 3.63) is 12.2 Å². The molecular weight excluding hydrogens is 240 g/mol. The third-order valence-corrected chi connectivity index (χ3v) is 4.01. The molecule has 2 rings (SSSR count). The lowest BCUT2D eigenvalue weighted by Crippen LogP contribution is -2.39. The van der Waals surface area contributed by atoms with Gasteiger partial charge in [0.1, 0.15) is 17.9 Å². The van der Waals surface area contributed by atoms with Crippen molar-refractivity contribution in [1.29, 1.82) is 0 Å². The fourth-order valence-electron chi connectivity index (χ4n) is 2.71. The van der Waals surface area contributed by atoms with Crippen LogP contribution in [0.15, 0.2) is 6.33 Å². The summed E-state index contributed by atoms with van der Waals surface area (Å²) in [7, 11) is 0. The Morgan fingerprint density at radius 3 is 2.79 bits per heavy atom. The fraction of sp³-hybridized carbons (Fsp3) is 0.786. The van der Waals surface area contributed by atoms with E-state index in [2.05, 4.69) is 23.9 Å². The average molecular weight is 264 g/mol. The summed E-state index contributed by atoms with van der Waals surface area (Å²) in [6.07, 6.45) is 5.90. The van der Waals surface area contributed by atoms with Gasteiger partial charge in [-0.3, -0.25) is 4.79 Å². The maximum atomic E-state index is 12.2. The largest absolute Gasteiger partial charge is 0.330 e. The van der Waals surface area contributed by atoms with Gasteiger partial charge in [0.2, 0.25) is 0 Å². The van der Waals surface area contributed by atoms with E-state index < -0.39 is 0 Å². The molecule has 0 spiro atoms. The maximum Gasteiger partial charge on any atom is 0.141 e. The number of carbonyl (C=O) groups is 1. The molecule has 0 radical (unpaired) electrons. The van der Waals surface area contributed by atoms with Crippen molar-refractivity contribution in [2.24, 2.45) is 17.1 Å². The zero-order valence-electron chi connectivity index (χ0n) is 11.9. The summed E-state index contributed by atoms with van der Waals surface area (Å²) in [5, 5.41) is 4.19. The van der Waals surface area contributed by atoms with Crippen molar-refractivity contribution in [1.82, 2.24) is 14.8 Å². The van der Waals surface area contributed by atoms with Gasteiger partial charge in [0, 0.05) is 13.0 Å². The van der Waals surface area contributed by atoms with Crippen LogP contribution in [0.1, 0.15) is 45.4 Å². The van der Waals surface area contributed by atoms with Gasteiger partial charge in [-0.15, -0.1) is 0 Å². The Labute approximate surface area is 114 Å². The minimum absolute atomic E-state index is 0.0833. The zero-order chi connectivity index (χ0) is 13.9. The van der Waals surface area contributed by atoms with Gasteiger partial charge in [0.15, 0.2) is 0 Å². The number of hydrogen-bond acceptors (Lipinski definition) is 4. The summed E-state index contributed by atoms with van der Waals surface area (Å²) < 4.78 is 1.85.